The summed E-state index contributed by atoms with van der Waals surface area (Å²) in [6, 6.07) is 2.58. The van der Waals surface area contributed by atoms with Crippen molar-refractivity contribution in [2.24, 2.45) is 23.2 Å². The Morgan fingerprint density at radius 1 is 1.36 bits per heavy atom. The van der Waals surface area contributed by atoms with Gasteiger partial charge in [0.25, 0.3) is 0 Å². The lowest BCUT2D eigenvalue weighted by molar-refractivity contribution is -0.210. The van der Waals surface area contributed by atoms with Gasteiger partial charge in [0.1, 0.15) is 0 Å². The molecular weight excluding hydrogens is 342 g/mol. The first-order valence-electron chi connectivity index (χ1n) is 8.48. The van der Waals surface area contributed by atoms with Crippen molar-refractivity contribution in [3.63, 3.8) is 0 Å². The molecule has 0 aromatic rings. The molecule has 0 aromatic carbocycles. The number of hydrogen-bond acceptors (Lipinski definition) is 3. The Labute approximate surface area is 142 Å². The smallest absolute Gasteiger partial charge is 0.173 e. The molecule has 1 spiro atoms. The maximum atomic E-state index is 9.70. The Morgan fingerprint density at radius 2 is 2.09 bits per heavy atom. The molecule has 2 saturated carbocycles. The van der Waals surface area contributed by atoms with Crippen LogP contribution < -0.4 is 0 Å². The van der Waals surface area contributed by atoms with Crippen LogP contribution in [0.3, 0.4) is 0 Å². The number of allylic oxidation sites excluding steroid dienone is 1. The number of ether oxygens (including phenoxy) is 2. The minimum atomic E-state index is -0.476. The normalized spacial score (nSPS) is 37.7. The number of alkyl halides is 1. The molecule has 4 heteroatoms. The van der Waals surface area contributed by atoms with Crippen molar-refractivity contribution in [2.45, 2.75) is 51.2 Å². The van der Waals surface area contributed by atoms with Crippen molar-refractivity contribution in [3.05, 3.63) is 12.2 Å². The summed E-state index contributed by atoms with van der Waals surface area (Å²) in [5.74, 6) is 0.289. The highest BCUT2D eigenvalue weighted by atomic mass is 79.9. The molecule has 4 atom stereocenters. The lowest BCUT2D eigenvalue weighted by Gasteiger charge is -2.47. The molecule has 0 aromatic heterocycles. The van der Waals surface area contributed by atoms with Crippen molar-refractivity contribution in [2.75, 3.05) is 18.5 Å². The monoisotopic (exact) mass is 367 g/mol. The number of hydrogen-bond donors (Lipinski definition) is 0. The van der Waals surface area contributed by atoms with Crippen LogP contribution in [0.2, 0.25) is 0 Å². The number of fused-ring (bicyclic) bond motifs is 2. The first-order valence-corrected chi connectivity index (χ1v) is 9.60. The zero-order chi connectivity index (χ0) is 15.8. The molecule has 0 N–H and O–H groups in total. The van der Waals surface area contributed by atoms with Crippen LogP contribution in [0.5, 0.6) is 0 Å². The first kappa shape index (κ1) is 16.5. The molecule has 3 nitrogen and oxygen atoms in total. The Kier molecular flexibility index (Phi) is 4.69. The summed E-state index contributed by atoms with van der Waals surface area (Å²) in [6.07, 6.45) is 6.52. The summed E-state index contributed by atoms with van der Waals surface area (Å²) in [7, 11) is 0. The quantitative estimate of drug-likeness (QED) is 0.545. The number of nitrogens with zero attached hydrogens (tertiary/aromatic N) is 1. The lowest BCUT2D eigenvalue weighted by Crippen LogP contribution is -2.48. The van der Waals surface area contributed by atoms with E-state index in [2.05, 4.69) is 35.5 Å². The molecule has 3 fully saturated rings. The largest absolute Gasteiger partial charge is 0.347 e. The van der Waals surface area contributed by atoms with Gasteiger partial charge in [0.2, 0.25) is 0 Å². The summed E-state index contributed by atoms with van der Waals surface area (Å²) < 4.78 is 12.2. The molecule has 1 aliphatic heterocycles. The highest BCUT2D eigenvalue weighted by Crippen LogP contribution is 2.63. The van der Waals surface area contributed by atoms with E-state index in [0.29, 0.717) is 19.1 Å². The second-order valence-electron chi connectivity index (χ2n) is 7.37. The van der Waals surface area contributed by atoms with Gasteiger partial charge in [-0.25, -0.2) is 0 Å². The van der Waals surface area contributed by atoms with E-state index in [1.165, 1.54) is 12.0 Å². The maximum absolute atomic E-state index is 9.70. The fourth-order valence-electron chi connectivity index (χ4n) is 5.21. The van der Waals surface area contributed by atoms with Gasteiger partial charge in [-0.1, -0.05) is 41.4 Å². The van der Waals surface area contributed by atoms with E-state index in [0.717, 1.165) is 37.4 Å². The van der Waals surface area contributed by atoms with Gasteiger partial charge in [-0.3, -0.25) is 0 Å². The average molecular weight is 368 g/mol. The molecule has 0 bridgehead atoms. The highest BCUT2D eigenvalue weighted by Gasteiger charge is 2.63. The Balaban J connectivity index is 1.90. The minimum absolute atomic E-state index is 0.0683. The Morgan fingerprint density at radius 3 is 2.73 bits per heavy atom. The molecule has 22 heavy (non-hydrogen) atoms. The van der Waals surface area contributed by atoms with Crippen LogP contribution in [0.1, 0.15) is 45.4 Å². The minimum Gasteiger partial charge on any atom is -0.347 e. The van der Waals surface area contributed by atoms with Gasteiger partial charge in [-0.05, 0) is 37.0 Å². The van der Waals surface area contributed by atoms with Crippen molar-refractivity contribution >= 4 is 15.9 Å². The number of halogens is 1. The van der Waals surface area contributed by atoms with E-state index in [9.17, 15) is 5.26 Å². The van der Waals surface area contributed by atoms with Crippen LogP contribution in [-0.4, -0.2) is 24.3 Å². The SMILES string of the molecule is C=C(CBr)C(C)CC12CCCC(C#N)C1C1(CC2)OCCO1. The van der Waals surface area contributed by atoms with Gasteiger partial charge in [-0.15, -0.1) is 0 Å². The van der Waals surface area contributed by atoms with E-state index in [-0.39, 0.29) is 17.3 Å². The third kappa shape index (κ3) is 2.56. The number of nitriles is 1. The molecule has 3 aliphatic rings. The fraction of sp³-hybridized carbons (Fsp3) is 0.833. The zero-order valence-corrected chi connectivity index (χ0v) is 15.0. The van der Waals surface area contributed by atoms with Crippen LogP contribution in [0.4, 0.5) is 0 Å². The molecule has 122 valence electrons. The van der Waals surface area contributed by atoms with Gasteiger partial charge in [-0.2, -0.15) is 5.26 Å². The molecule has 2 aliphatic carbocycles. The second-order valence-corrected chi connectivity index (χ2v) is 7.93. The lowest BCUT2D eigenvalue weighted by atomic mass is 9.59. The van der Waals surface area contributed by atoms with Crippen molar-refractivity contribution in [1.82, 2.24) is 0 Å². The third-order valence-electron chi connectivity index (χ3n) is 6.22. The van der Waals surface area contributed by atoms with Crippen molar-refractivity contribution < 1.29 is 9.47 Å². The van der Waals surface area contributed by atoms with Crippen molar-refractivity contribution in [1.29, 1.82) is 5.26 Å². The fourth-order valence-corrected chi connectivity index (χ4v) is 5.76. The van der Waals surface area contributed by atoms with E-state index in [4.69, 9.17) is 9.47 Å². The van der Waals surface area contributed by atoms with E-state index >= 15 is 0 Å². The maximum Gasteiger partial charge on any atom is 0.173 e. The van der Waals surface area contributed by atoms with E-state index in [1.807, 2.05) is 0 Å². The van der Waals surface area contributed by atoms with Gasteiger partial charge < -0.3 is 9.47 Å². The standard InChI is InChI=1S/C18H26BrNO2/c1-13(14(2)11-19)10-17-5-3-4-15(12-20)16(17)18(7-6-17)21-8-9-22-18/h13,15-16H,2-11H2,1H3. The van der Waals surface area contributed by atoms with Gasteiger partial charge in [0.15, 0.2) is 5.79 Å². The molecule has 4 unspecified atom stereocenters. The van der Waals surface area contributed by atoms with Gasteiger partial charge in [0.05, 0.1) is 25.2 Å². The number of rotatable bonds is 4. The summed E-state index contributed by atoms with van der Waals surface area (Å²) in [5.41, 5.74) is 1.44. The molecule has 3 rings (SSSR count). The Hall–Kier alpha value is -0.370. The van der Waals surface area contributed by atoms with Gasteiger partial charge >= 0.3 is 0 Å². The van der Waals surface area contributed by atoms with Crippen LogP contribution in [0.15, 0.2) is 12.2 Å². The van der Waals surface area contributed by atoms with E-state index < -0.39 is 5.79 Å². The van der Waals surface area contributed by atoms with Crippen LogP contribution in [0, 0.1) is 34.5 Å². The van der Waals surface area contributed by atoms with Crippen LogP contribution in [0.25, 0.3) is 0 Å². The highest BCUT2D eigenvalue weighted by molar-refractivity contribution is 9.09. The summed E-state index contributed by atoms with van der Waals surface area (Å²) >= 11 is 3.53. The second kappa shape index (κ2) is 6.26. The summed E-state index contributed by atoms with van der Waals surface area (Å²) in [5, 5.41) is 10.6. The molecular formula is C18H26BrNO2. The summed E-state index contributed by atoms with van der Waals surface area (Å²) in [4.78, 5) is 0. The average Bonchev–Trinajstić information content (AvgIpc) is 3.13. The first-order chi connectivity index (χ1) is 10.6. The predicted octanol–water partition coefficient (Wildman–Crippen LogP) is 4.43. The third-order valence-corrected chi connectivity index (χ3v) is 6.94. The molecule has 1 heterocycles. The van der Waals surface area contributed by atoms with Crippen LogP contribution in [-0.2, 0) is 9.47 Å². The molecule has 0 radical (unpaired) electrons. The van der Waals surface area contributed by atoms with E-state index in [1.54, 1.807) is 0 Å². The van der Waals surface area contributed by atoms with Gasteiger partial charge in [0, 0.05) is 17.7 Å². The Bertz CT molecular complexity index is 480. The molecule has 1 saturated heterocycles. The van der Waals surface area contributed by atoms with Crippen molar-refractivity contribution in [3.8, 4) is 6.07 Å². The molecule has 0 amide bonds. The van der Waals surface area contributed by atoms with Crippen LogP contribution >= 0.6 is 15.9 Å². The summed E-state index contributed by atoms with van der Waals surface area (Å²) in [6.45, 7) is 7.82. The zero-order valence-electron chi connectivity index (χ0n) is 13.4. The topological polar surface area (TPSA) is 42.2 Å². The predicted molar refractivity (Wildman–Crippen MR) is 89.5 cm³/mol.